The van der Waals surface area contributed by atoms with Gasteiger partial charge in [0, 0.05) is 30.6 Å². The molecule has 0 unspecified atom stereocenters. The fraction of sp³-hybridized carbons (Fsp3) is 0.750. The van der Waals surface area contributed by atoms with E-state index < -0.39 is 0 Å². The van der Waals surface area contributed by atoms with Crippen LogP contribution in [-0.4, -0.2) is 60.3 Å². The Hall–Kier alpha value is -1.10. The van der Waals surface area contributed by atoms with Crippen LogP contribution in [0.4, 0.5) is 0 Å². The number of aliphatic hydroxyl groups is 1. The topological polar surface area (TPSA) is 35.9 Å². The molecular formula is C24H38N2O2. The molecule has 2 aliphatic heterocycles. The van der Waals surface area contributed by atoms with Crippen LogP contribution < -0.4 is 4.74 Å². The molecule has 1 aliphatic carbocycles. The van der Waals surface area contributed by atoms with Gasteiger partial charge >= 0.3 is 0 Å². The lowest BCUT2D eigenvalue weighted by Crippen LogP contribution is -2.46. The highest BCUT2D eigenvalue weighted by molar-refractivity contribution is 5.33. The molecule has 0 amide bonds. The Balaban J connectivity index is 1.29. The summed E-state index contributed by atoms with van der Waals surface area (Å²) >= 11 is 0. The second kappa shape index (κ2) is 9.60. The van der Waals surface area contributed by atoms with Crippen LogP contribution in [0, 0.1) is 5.41 Å². The lowest BCUT2D eigenvalue weighted by Gasteiger charge is -2.42. The van der Waals surface area contributed by atoms with Crippen molar-refractivity contribution in [1.29, 1.82) is 0 Å². The maximum Gasteiger partial charge on any atom is 0.123 e. The van der Waals surface area contributed by atoms with Crippen molar-refractivity contribution in [1.82, 2.24) is 9.80 Å². The van der Waals surface area contributed by atoms with Crippen molar-refractivity contribution in [3.8, 4) is 5.75 Å². The summed E-state index contributed by atoms with van der Waals surface area (Å²) in [5.74, 6) is 1.05. The summed E-state index contributed by atoms with van der Waals surface area (Å²) in [5.41, 5.74) is 1.45. The molecule has 28 heavy (non-hydrogen) atoms. The van der Waals surface area contributed by atoms with Gasteiger partial charge in [-0.05, 0) is 70.6 Å². The van der Waals surface area contributed by atoms with E-state index in [4.69, 9.17) is 4.74 Å². The van der Waals surface area contributed by atoms with E-state index in [0.717, 1.165) is 51.4 Å². The normalized spacial score (nSPS) is 29.4. The van der Waals surface area contributed by atoms with Crippen LogP contribution in [0.5, 0.6) is 5.75 Å². The van der Waals surface area contributed by atoms with Crippen LogP contribution in [0.15, 0.2) is 24.3 Å². The van der Waals surface area contributed by atoms with Crippen molar-refractivity contribution < 1.29 is 9.84 Å². The standard InChI is InChI=1S/C24H38N2O2/c27-23-11-6-12-24(23)13-7-16-26(20-24)19-21-9-2-3-10-22(21)28-18-8-17-25-14-4-1-5-15-25/h2-3,9-10,23,27H,1,4-8,11-20H2/t23-,24-/m1/s1. The van der Waals surface area contributed by atoms with Crippen molar-refractivity contribution in [3.63, 3.8) is 0 Å². The summed E-state index contributed by atoms with van der Waals surface area (Å²) in [5, 5.41) is 10.5. The summed E-state index contributed by atoms with van der Waals surface area (Å²) < 4.78 is 6.21. The molecule has 0 bridgehead atoms. The van der Waals surface area contributed by atoms with Crippen molar-refractivity contribution in [2.24, 2.45) is 5.41 Å². The van der Waals surface area contributed by atoms with Crippen LogP contribution in [0.2, 0.25) is 0 Å². The first-order valence-corrected chi connectivity index (χ1v) is 11.6. The van der Waals surface area contributed by atoms with Crippen LogP contribution in [0.3, 0.4) is 0 Å². The molecule has 2 saturated heterocycles. The second-order valence-corrected chi connectivity index (χ2v) is 9.30. The number of hydrogen-bond acceptors (Lipinski definition) is 4. The van der Waals surface area contributed by atoms with E-state index in [2.05, 4.69) is 34.1 Å². The van der Waals surface area contributed by atoms with Crippen LogP contribution >= 0.6 is 0 Å². The minimum Gasteiger partial charge on any atom is -0.493 e. The largest absolute Gasteiger partial charge is 0.493 e. The predicted molar refractivity (Wildman–Crippen MR) is 114 cm³/mol. The zero-order chi connectivity index (χ0) is 19.2. The number of benzene rings is 1. The van der Waals surface area contributed by atoms with Gasteiger partial charge in [0.25, 0.3) is 0 Å². The summed E-state index contributed by atoms with van der Waals surface area (Å²) in [6, 6.07) is 8.55. The number of piperidine rings is 2. The molecule has 4 rings (SSSR count). The third kappa shape index (κ3) is 4.90. The number of hydrogen-bond donors (Lipinski definition) is 1. The fourth-order valence-electron chi connectivity index (χ4n) is 5.66. The highest BCUT2D eigenvalue weighted by atomic mass is 16.5. The van der Waals surface area contributed by atoms with E-state index in [0.29, 0.717) is 0 Å². The molecule has 1 aromatic carbocycles. The molecule has 3 aliphatic rings. The quantitative estimate of drug-likeness (QED) is 0.717. The van der Waals surface area contributed by atoms with Gasteiger partial charge in [0.05, 0.1) is 12.7 Å². The monoisotopic (exact) mass is 386 g/mol. The van der Waals surface area contributed by atoms with E-state index in [1.807, 2.05) is 0 Å². The number of ether oxygens (including phenoxy) is 1. The lowest BCUT2D eigenvalue weighted by molar-refractivity contribution is -0.0122. The average Bonchev–Trinajstić information content (AvgIpc) is 3.06. The van der Waals surface area contributed by atoms with E-state index >= 15 is 0 Å². The van der Waals surface area contributed by atoms with Gasteiger partial charge in [-0.1, -0.05) is 31.0 Å². The SMILES string of the molecule is O[C@@H]1CCC[C@]12CCCN(Cc1ccccc1OCCCN1CCCCC1)C2. The number of rotatable bonds is 7. The molecule has 1 N–H and O–H groups in total. The minimum atomic E-state index is -0.100. The summed E-state index contributed by atoms with van der Waals surface area (Å²) in [7, 11) is 0. The van der Waals surface area contributed by atoms with E-state index in [1.165, 1.54) is 63.6 Å². The summed E-state index contributed by atoms with van der Waals surface area (Å²) in [6.07, 6.45) is 10.9. The van der Waals surface area contributed by atoms with Gasteiger partial charge < -0.3 is 14.7 Å². The molecule has 1 aromatic rings. The number of para-hydroxylation sites is 1. The molecule has 0 aromatic heterocycles. The summed E-state index contributed by atoms with van der Waals surface area (Å²) in [6.45, 7) is 7.61. The number of likely N-dealkylation sites (tertiary alicyclic amines) is 2. The van der Waals surface area contributed by atoms with Gasteiger partial charge in [-0.3, -0.25) is 4.90 Å². The maximum atomic E-state index is 10.5. The molecular weight excluding hydrogens is 348 g/mol. The smallest absolute Gasteiger partial charge is 0.123 e. The molecule has 4 nitrogen and oxygen atoms in total. The fourth-order valence-corrected chi connectivity index (χ4v) is 5.66. The Morgan fingerprint density at radius 2 is 1.75 bits per heavy atom. The molecule has 3 fully saturated rings. The van der Waals surface area contributed by atoms with Crippen molar-refractivity contribution >= 4 is 0 Å². The van der Waals surface area contributed by atoms with Gasteiger partial charge in [-0.2, -0.15) is 0 Å². The highest BCUT2D eigenvalue weighted by Gasteiger charge is 2.44. The van der Waals surface area contributed by atoms with Gasteiger partial charge in [0.1, 0.15) is 5.75 Å². The Morgan fingerprint density at radius 1 is 0.964 bits per heavy atom. The van der Waals surface area contributed by atoms with Crippen LogP contribution in [-0.2, 0) is 6.54 Å². The van der Waals surface area contributed by atoms with Crippen molar-refractivity contribution in [3.05, 3.63) is 29.8 Å². The van der Waals surface area contributed by atoms with Gasteiger partial charge in [0.2, 0.25) is 0 Å². The third-order valence-electron chi connectivity index (χ3n) is 7.24. The number of aliphatic hydroxyl groups excluding tert-OH is 1. The van der Waals surface area contributed by atoms with Gasteiger partial charge in [0.15, 0.2) is 0 Å². The Kier molecular flexibility index (Phi) is 6.92. The summed E-state index contributed by atoms with van der Waals surface area (Å²) in [4.78, 5) is 5.13. The average molecular weight is 387 g/mol. The molecule has 156 valence electrons. The molecule has 1 saturated carbocycles. The van der Waals surface area contributed by atoms with Crippen molar-refractivity contribution in [2.45, 2.75) is 70.4 Å². The zero-order valence-electron chi connectivity index (χ0n) is 17.5. The first kappa shape index (κ1) is 20.2. The molecule has 4 heteroatoms. The Labute approximate surface area is 170 Å². The Morgan fingerprint density at radius 3 is 2.57 bits per heavy atom. The molecule has 1 spiro atoms. The van der Waals surface area contributed by atoms with Gasteiger partial charge in [-0.25, -0.2) is 0 Å². The lowest BCUT2D eigenvalue weighted by atomic mass is 9.76. The van der Waals surface area contributed by atoms with E-state index in [1.54, 1.807) is 0 Å². The van der Waals surface area contributed by atoms with Crippen LogP contribution in [0.25, 0.3) is 0 Å². The maximum absolute atomic E-state index is 10.5. The Bertz CT molecular complexity index is 616. The third-order valence-corrected chi connectivity index (χ3v) is 7.24. The number of nitrogens with zero attached hydrogens (tertiary/aromatic N) is 2. The highest BCUT2D eigenvalue weighted by Crippen LogP contribution is 2.45. The minimum absolute atomic E-state index is 0.100. The van der Waals surface area contributed by atoms with Crippen LogP contribution in [0.1, 0.15) is 63.4 Å². The first-order valence-electron chi connectivity index (χ1n) is 11.6. The van der Waals surface area contributed by atoms with Gasteiger partial charge in [-0.15, -0.1) is 0 Å². The van der Waals surface area contributed by atoms with E-state index in [-0.39, 0.29) is 11.5 Å². The predicted octanol–water partition coefficient (Wildman–Crippen LogP) is 4.07. The second-order valence-electron chi connectivity index (χ2n) is 9.30. The molecule has 0 radical (unpaired) electrons. The van der Waals surface area contributed by atoms with Crippen molar-refractivity contribution in [2.75, 3.05) is 39.3 Å². The molecule has 2 atom stereocenters. The zero-order valence-corrected chi connectivity index (χ0v) is 17.5. The first-order chi connectivity index (χ1) is 13.8. The van der Waals surface area contributed by atoms with E-state index in [9.17, 15) is 5.11 Å². The molecule has 2 heterocycles.